The lowest BCUT2D eigenvalue weighted by atomic mass is 10.1. The molecule has 0 aromatic heterocycles. The molecule has 170 valence electrons. The third-order valence-corrected chi connectivity index (χ3v) is 4.92. The fraction of sp³-hybridized carbons (Fsp3) is 0.125. The standard InChI is InChI=1S/C24H21BrN2O6/c25-18-8-11-21(20(14-18)23(29)30)27-22(28)17-6-9-19(10-7-17)32-13-12-26-24(31)33-15-16-4-2-1-3-5-16/h1-11,14H,12-13,15H2,(H,26,31)(H,27,28)(H,29,30). The number of hydrogen-bond acceptors (Lipinski definition) is 5. The highest BCUT2D eigenvalue weighted by molar-refractivity contribution is 9.10. The fourth-order valence-corrected chi connectivity index (χ4v) is 3.16. The van der Waals surface area contributed by atoms with E-state index in [4.69, 9.17) is 9.47 Å². The normalized spacial score (nSPS) is 10.2. The predicted molar refractivity (Wildman–Crippen MR) is 126 cm³/mol. The number of carboxylic acids is 1. The molecular weight excluding hydrogens is 492 g/mol. The summed E-state index contributed by atoms with van der Waals surface area (Å²) in [6.45, 7) is 0.648. The van der Waals surface area contributed by atoms with E-state index in [9.17, 15) is 19.5 Å². The van der Waals surface area contributed by atoms with Crippen molar-refractivity contribution < 1.29 is 29.0 Å². The number of benzene rings is 3. The topological polar surface area (TPSA) is 114 Å². The number of nitrogens with one attached hydrogen (secondary N) is 2. The number of carbonyl (C=O) groups excluding carboxylic acids is 2. The molecule has 0 heterocycles. The molecule has 0 saturated heterocycles. The maximum atomic E-state index is 12.5. The van der Waals surface area contributed by atoms with Gasteiger partial charge in [-0.1, -0.05) is 46.3 Å². The van der Waals surface area contributed by atoms with Gasteiger partial charge < -0.3 is 25.2 Å². The lowest BCUT2D eigenvalue weighted by molar-refractivity contribution is 0.0698. The number of halogens is 1. The van der Waals surface area contributed by atoms with Crippen molar-refractivity contribution in [1.29, 1.82) is 0 Å². The van der Waals surface area contributed by atoms with Crippen LogP contribution in [0.15, 0.2) is 77.3 Å². The second-order valence-electron chi connectivity index (χ2n) is 6.81. The minimum Gasteiger partial charge on any atom is -0.492 e. The van der Waals surface area contributed by atoms with Gasteiger partial charge in [0.25, 0.3) is 5.91 Å². The Labute approximate surface area is 198 Å². The van der Waals surface area contributed by atoms with Gasteiger partial charge in [0.15, 0.2) is 0 Å². The van der Waals surface area contributed by atoms with Crippen molar-refractivity contribution in [3.8, 4) is 5.75 Å². The van der Waals surface area contributed by atoms with E-state index < -0.39 is 18.0 Å². The first-order valence-corrected chi connectivity index (χ1v) is 10.7. The molecule has 8 nitrogen and oxygen atoms in total. The highest BCUT2D eigenvalue weighted by Gasteiger charge is 2.14. The van der Waals surface area contributed by atoms with Crippen LogP contribution in [0, 0.1) is 0 Å². The maximum Gasteiger partial charge on any atom is 0.407 e. The summed E-state index contributed by atoms with van der Waals surface area (Å²) in [6, 6.07) is 20.3. The predicted octanol–water partition coefficient (Wildman–Crippen LogP) is 4.70. The summed E-state index contributed by atoms with van der Waals surface area (Å²) in [7, 11) is 0. The van der Waals surface area contributed by atoms with Crippen LogP contribution in [0.5, 0.6) is 5.75 Å². The molecule has 3 aromatic carbocycles. The highest BCUT2D eigenvalue weighted by atomic mass is 79.9. The van der Waals surface area contributed by atoms with E-state index in [1.165, 1.54) is 12.1 Å². The van der Waals surface area contributed by atoms with Gasteiger partial charge in [-0.2, -0.15) is 0 Å². The minimum atomic E-state index is -1.15. The van der Waals surface area contributed by atoms with Crippen molar-refractivity contribution in [1.82, 2.24) is 5.32 Å². The van der Waals surface area contributed by atoms with Gasteiger partial charge in [-0.25, -0.2) is 9.59 Å². The van der Waals surface area contributed by atoms with Crippen LogP contribution in [0.3, 0.4) is 0 Å². The zero-order valence-corrected chi connectivity index (χ0v) is 19.0. The zero-order chi connectivity index (χ0) is 23.6. The third-order valence-electron chi connectivity index (χ3n) is 4.43. The van der Waals surface area contributed by atoms with Gasteiger partial charge >= 0.3 is 12.1 Å². The molecule has 0 aliphatic heterocycles. The second-order valence-corrected chi connectivity index (χ2v) is 7.73. The minimum absolute atomic E-state index is 0.0209. The SMILES string of the molecule is O=C(NCCOc1ccc(C(=O)Nc2ccc(Br)cc2C(=O)O)cc1)OCc1ccccc1. The first-order chi connectivity index (χ1) is 15.9. The Hall–Kier alpha value is -3.85. The molecule has 0 spiro atoms. The third kappa shape index (κ3) is 7.36. The smallest absolute Gasteiger partial charge is 0.407 e. The van der Waals surface area contributed by atoms with Gasteiger partial charge in [0.05, 0.1) is 17.8 Å². The molecule has 0 fully saturated rings. The molecule has 33 heavy (non-hydrogen) atoms. The molecule has 0 aliphatic carbocycles. The summed E-state index contributed by atoms with van der Waals surface area (Å²) in [6.07, 6.45) is -0.539. The van der Waals surface area contributed by atoms with Crippen LogP contribution in [0.25, 0.3) is 0 Å². The number of ether oxygens (including phenoxy) is 2. The summed E-state index contributed by atoms with van der Waals surface area (Å²) in [5, 5.41) is 14.5. The van der Waals surface area contributed by atoms with Gasteiger partial charge in [0, 0.05) is 10.0 Å². The van der Waals surface area contributed by atoms with E-state index in [-0.39, 0.29) is 31.0 Å². The molecule has 0 aliphatic rings. The van der Waals surface area contributed by atoms with Crippen LogP contribution >= 0.6 is 15.9 Å². The van der Waals surface area contributed by atoms with Gasteiger partial charge in [-0.15, -0.1) is 0 Å². The van der Waals surface area contributed by atoms with Crippen LogP contribution in [-0.2, 0) is 11.3 Å². The van der Waals surface area contributed by atoms with Crippen LogP contribution < -0.4 is 15.4 Å². The van der Waals surface area contributed by atoms with Crippen LogP contribution in [-0.4, -0.2) is 36.2 Å². The summed E-state index contributed by atoms with van der Waals surface area (Å²) in [5.74, 6) is -1.08. The van der Waals surface area contributed by atoms with Gasteiger partial charge in [0.2, 0.25) is 0 Å². The van der Waals surface area contributed by atoms with E-state index >= 15 is 0 Å². The Balaban J connectivity index is 1.43. The van der Waals surface area contributed by atoms with E-state index in [0.717, 1.165) is 5.56 Å². The second kappa shape index (κ2) is 11.7. The molecule has 0 radical (unpaired) electrons. The summed E-state index contributed by atoms with van der Waals surface area (Å²) in [5.41, 5.74) is 1.41. The van der Waals surface area contributed by atoms with Crippen molar-refractivity contribution in [3.05, 3.63) is 94.0 Å². The average molecular weight is 513 g/mol. The summed E-state index contributed by atoms with van der Waals surface area (Å²) < 4.78 is 11.3. The van der Waals surface area contributed by atoms with Crippen LogP contribution in [0.2, 0.25) is 0 Å². The number of rotatable bonds is 9. The zero-order valence-electron chi connectivity index (χ0n) is 17.4. The van der Waals surface area contributed by atoms with Gasteiger partial charge in [-0.05, 0) is 48.0 Å². The monoisotopic (exact) mass is 512 g/mol. The number of anilines is 1. The molecule has 2 amide bonds. The van der Waals surface area contributed by atoms with Gasteiger partial charge in [-0.3, -0.25) is 4.79 Å². The first-order valence-electron chi connectivity index (χ1n) is 9.94. The number of carboxylic acid groups (broad SMARTS) is 1. The Bertz CT molecular complexity index is 1120. The Morgan fingerprint density at radius 3 is 2.36 bits per heavy atom. The highest BCUT2D eigenvalue weighted by Crippen LogP contribution is 2.22. The molecule has 3 rings (SSSR count). The molecule has 3 N–H and O–H groups in total. The Morgan fingerprint density at radius 1 is 0.939 bits per heavy atom. The molecule has 0 bridgehead atoms. The van der Waals surface area contributed by atoms with Crippen molar-refractivity contribution in [2.75, 3.05) is 18.5 Å². The number of amides is 2. The largest absolute Gasteiger partial charge is 0.492 e. The van der Waals surface area contributed by atoms with Crippen molar-refractivity contribution in [2.24, 2.45) is 0 Å². The summed E-state index contributed by atoms with van der Waals surface area (Å²) in [4.78, 5) is 35.6. The van der Waals surface area contributed by atoms with Crippen molar-refractivity contribution >= 4 is 39.6 Å². The van der Waals surface area contributed by atoms with Gasteiger partial charge in [0.1, 0.15) is 19.0 Å². The number of carbonyl (C=O) groups is 3. The average Bonchev–Trinajstić information content (AvgIpc) is 2.82. The quantitative estimate of drug-likeness (QED) is 0.358. The Kier molecular flexibility index (Phi) is 8.43. The molecule has 3 aromatic rings. The first kappa shape index (κ1) is 23.8. The van der Waals surface area contributed by atoms with Crippen LogP contribution in [0.4, 0.5) is 10.5 Å². The lowest BCUT2D eigenvalue weighted by Gasteiger charge is -2.10. The molecular formula is C24H21BrN2O6. The van der Waals surface area contributed by atoms with Crippen LogP contribution in [0.1, 0.15) is 26.3 Å². The lowest BCUT2D eigenvalue weighted by Crippen LogP contribution is -2.28. The fourth-order valence-electron chi connectivity index (χ4n) is 2.80. The molecule has 0 unspecified atom stereocenters. The van der Waals surface area contributed by atoms with E-state index in [1.54, 1.807) is 30.3 Å². The van der Waals surface area contributed by atoms with Crippen molar-refractivity contribution in [2.45, 2.75) is 6.61 Å². The van der Waals surface area contributed by atoms with Crippen molar-refractivity contribution in [3.63, 3.8) is 0 Å². The maximum absolute atomic E-state index is 12.5. The number of alkyl carbamates (subject to hydrolysis) is 1. The molecule has 9 heteroatoms. The molecule has 0 atom stereocenters. The number of aromatic carboxylic acids is 1. The van der Waals surface area contributed by atoms with E-state index in [0.29, 0.717) is 15.8 Å². The molecule has 0 saturated carbocycles. The van der Waals surface area contributed by atoms with E-state index in [2.05, 4.69) is 26.6 Å². The number of hydrogen-bond donors (Lipinski definition) is 3. The van der Waals surface area contributed by atoms with E-state index in [1.807, 2.05) is 30.3 Å². The Morgan fingerprint density at radius 2 is 1.67 bits per heavy atom. The summed E-state index contributed by atoms with van der Waals surface area (Å²) >= 11 is 3.21.